The number of allylic oxidation sites excluding steroid dienone is 1. The number of rotatable bonds is 1. The van der Waals surface area contributed by atoms with Crippen molar-refractivity contribution in [1.82, 2.24) is 0 Å². The third-order valence-electron chi connectivity index (χ3n) is 1.93. The summed E-state index contributed by atoms with van der Waals surface area (Å²) >= 11 is 0. The van der Waals surface area contributed by atoms with E-state index in [9.17, 15) is 9.59 Å². The number of Topliss-reactive ketones (excluding diaryl/α,β-unsaturated/α-hetero) is 1. The first-order valence-corrected chi connectivity index (χ1v) is 3.52. The predicted molar refractivity (Wildman–Crippen MR) is 39.1 cm³/mol. The van der Waals surface area contributed by atoms with Gasteiger partial charge < -0.3 is 5.11 Å². The topological polar surface area (TPSA) is 54.4 Å². The van der Waals surface area contributed by atoms with Gasteiger partial charge in [-0.25, -0.2) is 0 Å². The summed E-state index contributed by atoms with van der Waals surface area (Å²) in [6.45, 7) is 1.76. The fourth-order valence-electron chi connectivity index (χ4n) is 1.17. The standard InChI is InChI=1S/C8H10O3/c1-5-2-3-6(9)4-7(5)8(10)11/h2,7H,3-4H2,1H3,(H,10,11)/t7-/m0/s1. The normalized spacial score (nSPS) is 24.6. The molecule has 3 nitrogen and oxygen atoms in total. The van der Waals surface area contributed by atoms with Gasteiger partial charge in [0, 0.05) is 12.8 Å². The highest BCUT2D eigenvalue weighted by Crippen LogP contribution is 2.21. The Morgan fingerprint density at radius 2 is 2.36 bits per heavy atom. The van der Waals surface area contributed by atoms with Crippen LogP contribution in [0.4, 0.5) is 0 Å². The first-order valence-electron chi connectivity index (χ1n) is 3.52. The number of carboxylic acid groups (broad SMARTS) is 1. The molecule has 0 saturated carbocycles. The third kappa shape index (κ3) is 1.67. The van der Waals surface area contributed by atoms with Crippen LogP contribution in [0.2, 0.25) is 0 Å². The molecule has 0 saturated heterocycles. The van der Waals surface area contributed by atoms with E-state index in [0.29, 0.717) is 6.42 Å². The van der Waals surface area contributed by atoms with Crippen molar-refractivity contribution >= 4 is 11.8 Å². The minimum Gasteiger partial charge on any atom is -0.481 e. The molecule has 1 rings (SSSR count). The highest BCUT2D eigenvalue weighted by atomic mass is 16.4. The van der Waals surface area contributed by atoms with Crippen molar-refractivity contribution in [2.24, 2.45) is 5.92 Å². The molecule has 0 unspecified atom stereocenters. The van der Waals surface area contributed by atoms with Gasteiger partial charge in [0.2, 0.25) is 0 Å². The van der Waals surface area contributed by atoms with E-state index in [1.54, 1.807) is 13.0 Å². The van der Waals surface area contributed by atoms with Crippen LogP contribution in [0.1, 0.15) is 19.8 Å². The van der Waals surface area contributed by atoms with Gasteiger partial charge >= 0.3 is 5.97 Å². The van der Waals surface area contributed by atoms with Crippen LogP contribution < -0.4 is 0 Å². The van der Waals surface area contributed by atoms with Crippen molar-refractivity contribution in [1.29, 1.82) is 0 Å². The van der Waals surface area contributed by atoms with E-state index in [1.165, 1.54) is 0 Å². The summed E-state index contributed by atoms with van der Waals surface area (Å²) in [5, 5.41) is 8.63. The van der Waals surface area contributed by atoms with Crippen molar-refractivity contribution in [2.45, 2.75) is 19.8 Å². The van der Waals surface area contributed by atoms with E-state index >= 15 is 0 Å². The maximum atomic E-state index is 10.8. The second-order valence-electron chi connectivity index (χ2n) is 2.79. The molecule has 0 amide bonds. The van der Waals surface area contributed by atoms with Crippen LogP contribution in [0, 0.1) is 5.92 Å². The Morgan fingerprint density at radius 1 is 1.73 bits per heavy atom. The van der Waals surface area contributed by atoms with Crippen LogP contribution in [0.15, 0.2) is 11.6 Å². The van der Waals surface area contributed by atoms with Gasteiger partial charge in [-0.05, 0) is 6.92 Å². The number of carboxylic acids is 1. The molecule has 0 heterocycles. The molecule has 0 aromatic rings. The lowest BCUT2D eigenvalue weighted by Crippen LogP contribution is -2.22. The van der Waals surface area contributed by atoms with Gasteiger partial charge in [-0.3, -0.25) is 9.59 Å². The van der Waals surface area contributed by atoms with E-state index in [-0.39, 0.29) is 12.2 Å². The van der Waals surface area contributed by atoms with E-state index < -0.39 is 11.9 Å². The molecule has 0 bridgehead atoms. The van der Waals surface area contributed by atoms with Crippen molar-refractivity contribution in [3.8, 4) is 0 Å². The second-order valence-corrected chi connectivity index (χ2v) is 2.79. The van der Waals surface area contributed by atoms with Crippen molar-refractivity contribution < 1.29 is 14.7 Å². The molecule has 0 radical (unpaired) electrons. The monoisotopic (exact) mass is 154 g/mol. The molecule has 3 heteroatoms. The fraction of sp³-hybridized carbons (Fsp3) is 0.500. The molecule has 1 N–H and O–H groups in total. The van der Waals surface area contributed by atoms with Gasteiger partial charge in [0.1, 0.15) is 5.78 Å². The Balaban J connectivity index is 2.79. The van der Waals surface area contributed by atoms with Crippen molar-refractivity contribution in [3.63, 3.8) is 0 Å². The van der Waals surface area contributed by atoms with Gasteiger partial charge in [0.25, 0.3) is 0 Å². The predicted octanol–water partition coefficient (Wildman–Crippen LogP) is 0.996. The zero-order valence-electron chi connectivity index (χ0n) is 6.33. The van der Waals surface area contributed by atoms with Crippen LogP contribution >= 0.6 is 0 Å². The third-order valence-corrected chi connectivity index (χ3v) is 1.93. The lowest BCUT2D eigenvalue weighted by Gasteiger charge is -2.15. The van der Waals surface area contributed by atoms with Crippen LogP contribution in [0.5, 0.6) is 0 Å². The molecule has 0 spiro atoms. The second kappa shape index (κ2) is 2.86. The van der Waals surface area contributed by atoms with E-state index in [2.05, 4.69) is 0 Å². The number of ketones is 1. The van der Waals surface area contributed by atoms with E-state index in [1.807, 2.05) is 0 Å². The quantitative estimate of drug-likeness (QED) is 0.573. The smallest absolute Gasteiger partial charge is 0.311 e. The minimum absolute atomic E-state index is 0.0167. The first kappa shape index (κ1) is 7.98. The summed E-state index contributed by atoms with van der Waals surface area (Å²) in [5.41, 5.74) is 0.803. The van der Waals surface area contributed by atoms with Crippen molar-refractivity contribution in [2.75, 3.05) is 0 Å². The summed E-state index contributed by atoms with van der Waals surface area (Å²) < 4.78 is 0. The lowest BCUT2D eigenvalue weighted by molar-refractivity contribution is -0.142. The Kier molecular flexibility index (Phi) is 2.08. The molecular weight excluding hydrogens is 144 g/mol. The Labute approximate surface area is 64.7 Å². The summed E-state index contributed by atoms with van der Waals surface area (Å²) in [6.07, 6.45) is 2.26. The van der Waals surface area contributed by atoms with E-state index in [4.69, 9.17) is 5.11 Å². The highest BCUT2D eigenvalue weighted by molar-refractivity contribution is 5.88. The molecule has 0 aromatic heterocycles. The first-order chi connectivity index (χ1) is 5.11. The molecule has 1 aliphatic carbocycles. The van der Waals surface area contributed by atoms with Gasteiger partial charge in [-0.1, -0.05) is 11.6 Å². The van der Waals surface area contributed by atoms with Crippen LogP contribution in [0.3, 0.4) is 0 Å². The molecule has 1 atom stereocenters. The maximum absolute atomic E-state index is 10.8. The molecule has 0 aliphatic heterocycles. The molecule has 0 aromatic carbocycles. The number of carbonyl (C=O) groups excluding carboxylic acids is 1. The molecule has 0 fully saturated rings. The van der Waals surface area contributed by atoms with Gasteiger partial charge in [0.05, 0.1) is 5.92 Å². The summed E-state index contributed by atoms with van der Waals surface area (Å²) in [6, 6.07) is 0. The summed E-state index contributed by atoms with van der Waals surface area (Å²) in [7, 11) is 0. The Bertz CT molecular complexity index is 227. The zero-order valence-corrected chi connectivity index (χ0v) is 6.33. The lowest BCUT2D eigenvalue weighted by atomic mass is 9.88. The molecule has 11 heavy (non-hydrogen) atoms. The van der Waals surface area contributed by atoms with Gasteiger partial charge in [0.15, 0.2) is 0 Å². The highest BCUT2D eigenvalue weighted by Gasteiger charge is 2.25. The Morgan fingerprint density at radius 3 is 2.82 bits per heavy atom. The van der Waals surface area contributed by atoms with Gasteiger partial charge in [-0.2, -0.15) is 0 Å². The Hall–Kier alpha value is -1.12. The fourth-order valence-corrected chi connectivity index (χ4v) is 1.17. The maximum Gasteiger partial charge on any atom is 0.311 e. The number of hydrogen-bond acceptors (Lipinski definition) is 2. The zero-order chi connectivity index (χ0) is 8.43. The van der Waals surface area contributed by atoms with Crippen LogP contribution in [-0.4, -0.2) is 16.9 Å². The minimum atomic E-state index is -0.896. The summed E-state index contributed by atoms with van der Waals surface area (Å²) in [5.74, 6) is -1.45. The largest absolute Gasteiger partial charge is 0.481 e. The number of aliphatic carboxylic acids is 1. The number of hydrogen-bond donors (Lipinski definition) is 1. The average Bonchev–Trinajstić information content (AvgIpc) is 1.94. The van der Waals surface area contributed by atoms with E-state index in [0.717, 1.165) is 5.57 Å². The molecule has 60 valence electrons. The number of carbonyl (C=O) groups is 2. The SMILES string of the molecule is CC1=CCC(=O)C[C@@H]1C(=O)O. The van der Waals surface area contributed by atoms with Crippen LogP contribution in [-0.2, 0) is 9.59 Å². The molecule has 1 aliphatic rings. The molecular formula is C8H10O3. The van der Waals surface area contributed by atoms with Gasteiger partial charge in [-0.15, -0.1) is 0 Å². The van der Waals surface area contributed by atoms with Crippen molar-refractivity contribution in [3.05, 3.63) is 11.6 Å². The summed E-state index contributed by atoms with van der Waals surface area (Å²) in [4.78, 5) is 21.3. The van der Waals surface area contributed by atoms with Crippen LogP contribution in [0.25, 0.3) is 0 Å². The average molecular weight is 154 g/mol.